The normalized spacial score (nSPS) is 13.6. The Balaban J connectivity index is 2.98. The number of sulfonamides is 1. The van der Waals surface area contributed by atoms with Crippen molar-refractivity contribution in [3.8, 4) is 0 Å². The van der Waals surface area contributed by atoms with Gasteiger partial charge in [0.2, 0.25) is 10.0 Å². The average Bonchev–Trinajstić information content (AvgIpc) is 2.25. The highest BCUT2D eigenvalue weighted by molar-refractivity contribution is 7.89. The molecule has 7 heteroatoms. The van der Waals surface area contributed by atoms with Crippen LogP contribution in [0.1, 0.15) is 6.92 Å². The summed E-state index contributed by atoms with van der Waals surface area (Å²) in [4.78, 5) is -0.525. The predicted octanol–water partition coefficient (Wildman–Crippen LogP) is 0.721. The molecule has 0 aliphatic rings. The highest BCUT2D eigenvalue weighted by Gasteiger charge is 2.22. The molecule has 5 nitrogen and oxygen atoms in total. The zero-order chi connectivity index (χ0) is 13.1. The third-order valence-corrected chi connectivity index (χ3v) is 3.74. The Bertz CT molecular complexity index is 470. The molecule has 1 aromatic carbocycles. The fraction of sp³-hybridized carbons (Fsp3) is 0.400. The van der Waals surface area contributed by atoms with Crippen molar-refractivity contribution in [2.45, 2.75) is 17.9 Å². The molecule has 1 rings (SSSR count). The van der Waals surface area contributed by atoms with E-state index in [1.807, 2.05) is 0 Å². The number of ether oxygens (including phenoxy) is 1. The van der Waals surface area contributed by atoms with Crippen LogP contribution < -0.4 is 10.5 Å². The van der Waals surface area contributed by atoms with Gasteiger partial charge in [-0.1, -0.05) is 6.07 Å². The Morgan fingerprint density at radius 2 is 2.18 bits per heavy atom. The molecule has 17 heavy (non-hydrogen) atoms. The molecule has 96 valence electrons. The maximum Gasteiger partial charge on any atom is 0.245 e. The van der Waals surface area contributed by atoms with Crippen molar-refractivity contribution in [3.63, 3.8) is 0 Å². The number of hydrogen-bond donors (Lipinski definition) is 2. The lowest BCUT2D eigenvalue weighted by atomic mass is 10.3. The molecular weight excluding hydrogens is 247 g/mol. The van der Waals surface area contributed by atoms with E-state index in [-0.39, 0.29) is 18.3 Å². The third kappa shape index (κ3) is 3.39. The molecule has 0 fully saturated rings. The number of benzene rings is 1. The Morgan fingerprint density at radius 3 is 2.71 bits per heavy atom. The number of nitrogen functional groups attached to an aromatic ring is 1. The van der Waals surface area contributed by atoms with Gasteiger partial charge in [0.25, 0.3) is 0 Å². The average molecular weight is 262 g/mol. The summed E-state index contributed by atoms with van der Waals surface area (Å²) < 4.78 is 44.2. The number of hydrogen-bond acceptors (Lipinski definition) is 4. The molecule has 0 amide bonds. The minimum Gasteiger partial charge on any atom is -0.398 e. The molecule has 0 saturated carbocycles. The Labute approximate surface area is 99.8 Å². The Kier molecular flexibility index (Phi) is 4.44. The van der Waals surface area contributed by atoms with Crippen LogP contribution in [-0.4, -0.2) is 28.2 Å². The van der Waals surface area contributed by atoms with E-state index in [9.17, 15) is 12.8 Å². The lowest BCUT2D eigenvalue weighted by Gasteiger charge is -2.13. The second-order valence-corrected chi connectivity index (χ2v) is 5.26. The van der Waals surface area contributed by atoms with E-state index >= 15 is 0 Å². The second-order valence-electron chi connectivity index (χ2n) is 3.56. The summed E-state index contributed by atoms with van der Waals surface area (Å²) >= 11 is 0. The topological polar surface area (TPSA) is 81.4 Å². The van der Waals surface area contributed by atoms with Crippen LogP contribution in [0.25, 0.3) is 0 Å². The maximum absolute atomic E-state index is 13.4. The summed E-state index contributed by atoms with van der Waals surface area (Å²) in [5, 5.41) is 0. The largest absolute Gasteiger partial charge is 0.398 e. The van der Waals surface area contributed by atoms with E-state index in [4.69, 9.17) is 10.5 Å². The van der Waals surface area contributed by atoms with E-state index in [0.29, 0.717) is 0 Å². The van der Waals surface area contributed by atoms with Gasteiger partial charge < -0.3 is 10.5 Å². The number of nitrogens with one attached hydrogen (secondary N) is 1. The molecule has 3 N–H and O–H groups in total. The van der Waals surface area contributed by atoms with Crippen LogP contribution >= 0.6 is 0 Å². The van der Waals surface area contributed by atoms with Crippen LogP contribution in [0, 0.1) is 5.82 Å². The fourth-order valence-corrected chi connectivity index (χ4v) is 2.49. The smallest absolute Gasteiger partial charge is 0.245 e. The first-order chi connectivity index (χ1) is 7.88. The van der Waals surface area contributed by atoms with Crippen molar-refractivity contribution in [2.24, 2.45) is 0 Å². The van der Waals surface area contributed by atoms with E-state index in [0.717, 1.165) is 6.07 Å². The minimum atomic E-state index is -3.96. The van der Waals surface area contributed by atoms with Gasteiger partial charge in [-0.05, 0) is 19.1 Å². The van der Waals surface area contributed by atoms with Gasteiger partial charge in [-0.3, -0.25) is 0 Å². The molecule has 0 bridgehead atoms. The molecule has 1 unspecified atom stereocenters. The van der Waals surface area contributed by atoms with Crippen LogP contribution in [0.3, 0.4) is 0 Å². The molecule has 1 atom stereocenters. The summed E-state index contributed by atoms with van der Waals surface area (Å²) in [7, 11) is -2.50. The van der Waals surface area contributed by atoms with Crippen molar-refractivity contribution in [3.05, 3.63) is 24.0 Å². The number of anilines is 1. The lowest BCUT2D eigenvalue weighted by Crippen LogP contribution is -2.32. The number of halogens is 1. The van der Waals surface area contributed by atoms with Crippen LogP contribution in [0.4, 0.5) is 10.1 Å². The first-order valence-corrected chi connectivity index (χ1v) is 6.43. The Hall–Kier alpha value is -1.18. The zero-order valence-corrected chi connectivity index (χ0v) is 10.4. The summed E-state index contributed by atoms with van der Waals surface area (Å²) in [6.45, 7) is 1.74. The zero-order valence-electron chi connectivity index (χ0n) is 9.60. The van der Waals surface area contributed by atoms with Gasteiger partial charge in [-0.15, -0.1) is 0 Å². The number of methoxy groups -OCH3 is 1. The molecule has 0 heterocycles. The number of rotatable bonds is 5. The first kappa shape index (κ1) is 13.9. The molecule has 0 aliphatic carbocycles. The van der Waals surface area contributed by atoms with Crippen molar-refractivity contribution >= 4 is 15.7 Å². The molecule has 0 saturated heterocycles. The van der Waals surface area contributed by atoms with Crippen molar-refractivity contribution < 1.29 is 17.5 Å². The minimum absolute atomic E-state index is 0.0482. The first-order valence-electron chi connectivity index (χ1n) is 4.95. The van der Waals surface area contributed by atoms with Crippen molar-refractivity contribution in [1.82, 2.24) is 4.72 Å². The molecule has 0 aliphatic heterocycles. The van der Waals surface area contributed by atoms with Crippen molar-refractivity contribution in [2.75, 3.05) is 19.4 Å². The van der Waals surface area contributed by atoms with E-state index in [1.54, 1.807) is 6.92 Å². The van der Waals surface area contributed by atoms with Gasteiger partial charge in [-0.25, -0.2) is 17.5 Å². The lowest BCUT2D eigenvalue weighted by molar-refractivity contribution is 0.122. The predicted molar refractivity (Wildman–Crippen MR) is 62.5 cm³/mol. The van der Waals surface area contributed by atoms with Crippen LogP contribution in [0.15, 0.2) is 23.1 Å². The summed E-state index contributed by atoms with van der Waals surface area (Å²) in [6, 6.07) is 3.73. The summed E-state index contributed by atoms with van der Waals surface area (Å²) in [5.41, 5.74) is 5.33. The van der Waals surface area contributed by atoms with Crippen LogP contribution in [-0.2, 0) is 14.8 Å². The molecule has 0 spiro atoms. The van der Waals surface area contributed by atoms with Crippen molar-refractivity contribution in [1.29, 1.82) is 0 Å². The summed E-state index contributed by atoms with van der Waals surface area (Å²) in [6.07, 6.45) is -0.308. The second kappa shape index (κ2) is 5.44. The van der Waals surface area contributed by atoms with Gasteiger partial charge in [-0.2, -0.15) is 0 Å². The standard InChI is InChI=1S/C10H15FN2O3S/c1-7(16-2)6-13-17(14,15)10-8(11)4-3-5-9(10)12/h3-5,7,13H,6,12H2,1-2H3. The summed E-state index contributed by atoms with van der Waals surface area (Å²) in [5.74, 6) is -0.873. The maximum atomic E-state index is 13.4. The number of nitrogens with two attached hydrogens (primary N) is 1. The third-order valence-electron chi connectivity index (χ3n) is 2.23. The molecule has 0 radical (unpaired) electrons. The fourth-order valence-electron chi connectivity index (χ4n) is 1.19. The molecular formula is C10H15FN2O3S. The van der Waals surface area contributed by atoms with Gasteiger partial charge >= 0.3 is 0 Å². The SMILES string of the molecule is COC(C)CNS(=O)(=O)c1c(N)cccc1F. The van der Waals surface area contributed by atoms with E-state index < -0.39 is 20.7 Å². The highest BCUT2D eigenvalue weighted by Crippen LogP contribution is 2.21. The Morgan fingerprint density at radius 1 is 1.53 bits per heavy atom. The van der Waals surface area contributed by atoms with E-state index in [2.05, 4.69) is 4.72 Å². The monoisotopic (exact) mass is 262 g/mol. The van der Waals surface area contributed by atoms with Gasteiger partial charge in [0, 0.05) is 13.7 Å². The molecule has 1 aromatic rings. The van der Waals surface area contributed by atoms with Gasteiger partial charge in [0.15, 0.2) is 0 Å². The van der Waals surface area contributed by atoms with Gasteiger partial charge in [0.1, 0.15) is 10.7 Å². The quantitative estimate of drug-likeness (QED) is 0.766. The molecule has 0 aromatic heterocycles. The van der Waals surface area contributed by atoms with Crippen LogP contribution in [0.2, 0.25) is 0 Å². The van der Waals surface area contributed by atoms with Crippen LogP contribution in [0.5, 0.6) is 0 Å². The highest BCUT2D eigenvalue weighted by atomic mass is 32.2. The van der Waals surface area contributed by atoms with E-state index in [1.165, 1.54) is 19.2 Å². The van der Waals surface area contributed by atoms with Gasteiger partial charge in [0.05, 0.1) is 11.8 Å².